The fraction of sp³-hybridized carbons (Fsp3) is 0.192. The van der Waals surface area contributed by atoms with Crippen LogP contribution in [0.15, 0.2) is 84.8 Å². The molecule has 33 heavy (non-hydrogen) atoms. The van der Waals surface area contributed by atoms with E-state index in [0.29, 0.717) is 0 Å². The second-order valence-corrected chi connectivity index (χ2v) is 8.35. The molecule has 3 N–H and O–H groups in total. The maximum absolute atomic E-state index is 4.93. The zero-order valence-electron chi connectivity index (χ0n) is 18.6. The highest BCUT2D eigenvalue weighted by Gasteiger charge is 2.12. The van der Waals surface area contributed by atoms with E-state index in [0.717, 1.165) is 58.6 Å². The highest BCUT2D eigenvalue weighted by Crippen LogP contribution is 2.21. The van der Waals surface area contributed by atoms with Gasteiger partial charge in [-0.05, 0) is 61.2 Å². The molecule has 1 aliphatic heterocycles. The number of aromatic amines is 1. The summed E-state index contributed by atoms with van der Waals surface area (Å²) in [7, 11) is 1.90. The molecule has 1 aliphatic rings. The average Bonchev–Trinajstić information content (AvgIpc) is 3.47. The lowest BCUT2D eigenvalue weighted by Gasteiger charge is -2.18. The van der Waals surface area contributed by atoms with Crippen molar-refractivity contribution in [2.24, 2.45) is 12.0 Å². The molecule has 5 rings (SSSR count). The molecule has 2 aromatic carbocycles. The van der Waals surface area contributed by atoms with Gasteiger partial charge in [0.15, 0.2) is 0 Å². The number of hydrogen-bond donors (Lipinski definition) is 3. The van der Waals surface area contributed by atoms with Crippen LogP contribution in [0.2, 0.25) is 0 Å². The summed E-state index contributed by atoms with van der Waals surface area (Å²) in [5, 5.41) is 19.2. The quantitative estimate of drug-likeness (QED) is 0.373. The summed E-state index contributed by atoms with van der Waals surface area (Å²) in [5.74, 6) is 0.900. The Morgan fingerprint density at radius 1 is 1.18 bits per heavy atom. The minimum absolute atomic E-state index is 0.261. The Hall–Kier alpha value is -4.13. The van der Waals surface area contributed by atoms with E-state index in [1.54, 1.807) is 4.68 Å². The number of fused-ring (bicyclic) bond motifs is 1. The Morgan fingerprint density at radius 2 is 2.12 bits per heavy atom. The van der Waals surface area contributed by atoms with Crippen molar-refractivity contribution in [2.45, 2.75) is 25.3 Å². The number of aromatic nitrogens is 4. The van der Waals surface area contributed by atoms with Gasteiger partial charge in [-0.25, -0.2) is 0 Å². The molecule has 0 spiro atoms. The van der Waals surface area contributed by atoms with Crippen LogP contribution in [0.3, 0.4) is 0 Å². The zero-order valence-corrected chi connectivity index (χ0v) is 18.6. The first-order chi connectivity index (χ1) is 16.1. The van der Waals surface area contributed by atoms with Crippen LogP contribution in [-0.2, 0) is 13.5 Å². The number of nitrogens with one attached hydrogen (secondary N) is 3. The minimum Gasteiger partial charge on any atom is -0.355 e. The van der Waals surface area contributed by atoms with Crippen molar-refractivity contribution in [3.8, 4) is 0 Å². The number of amidine groups is 1. The van der Waals surface area contributed by atoms with E-state index < -0.39 is 0 Å². The van der Waals surface area contributed by atoms with Gasteiger partial charge in [-0.15, -0.1) is 0 Å². The molecule has 7 nitrogen and oxygen atoms in total. The van der Waals surface area contributed by atoms with Gasteiger partial charge >= 0.3 is 0 Å². The number of aliphatic imine (C=N–C) groups is 1. The van der Waals surface area contributed by atoms with E-state index in [9.17, 15) is 0 Å². The molecule has 0 aliphatic carbocycles. The summed E-state index contributed by atoms with van der Waals surface area (Å²) in [4.78, 5) is 4.93. The lowest BCUT2D eigenvalue weighted by molar-refractivity contribution is 0.619. The molecule has 1 atom stereocenters. The molecule has 0 amide bonds. The molecular formula is C26H27N7. The number of dihydropyridines is 1. The van der Waals surface area contributed by atoms with E-state index in [1.165, 1.54) is 5.56 Å². The lowest BCUT2D eigenvalue weighted by atomic mass is 10.0. The molecule has 0 saturated heterocycles. The molecule has 2 aromatic heterocycles. The second kappa shape index (κ2) is 9.16. The molecule has 3 heterocycles. The number of H-pyrrole nitrogens is 1. The van der Waals surface area contributed by atoms with Crippen molar-refractivity contribution < 1.29 is 0 Å². The third-order valence-corrected chi connectivity index (χ3v) is 5.76. The maximum atomic E-state index is 4.93. The molecule has 0 fully saturated rings. The van der Waals surface area contributed by atoms with Crippen LogP contribution in [-0.4, -0.2) is 31.9 Å². The van der Waals surface area contributed by atoms with Gasteiger partial charge in [-0.3, -0.25) is 14.8 Å². The fourth-order valence-electron chi connectivity index (χ4n) is 4.02. The van der Waals surface area contributed by atoms with Crippen LogP contribution in [0.4, 0.5) is 11.4 Å². The number of hydrogen-bond acceptors (Lipinski definition) is 5. The van der Waals surface area contributed by atoms with Gasteiger partial charge in [0.05, 0.1) is 24.0 Å². The molecular weight excluding hydrogens is 410 g/mol. The Bertz CT molecular complexity index is 1340. The Morgan fingerprint density at radius 3 is 3.00 bits per heavy atom. The first-order valence-corrected chi connectivity index (χ1v) is 11.1. The summed E-state index contributed by atoms with van der Waals surface area (Å²) in [5.41, 5.74) is 6.18. The first kappa shape index (κ1) is 20.8. The monoisotopic (exact) mass is 437 g/mol. The summed E-state index contributed by atoms with van der Waals surface area (Å²) >= 11 is 0. The SMILES string of the molecule is C=C(Nc1cccc(CCC2CC=CC(Nc3ccc4[nH]ncc4c3)=N2)c1)c1cnn(C)c1. The van der Waals surface area contributed by atoms with Gasteiger partial charge in [0.1, 0.15) is 5.84 Å². The summed E-state index contributed by atoms with van der Waals surface area (Å²) in [6.45, 7) is 4.14. The van der Waals surface area contributed by atoms with Gasteiger partial charge < -0.3 is 10.6 Å². The van der Waals surface area contributed by atoms with Crippen molar-refractivity contribution in [1.82, 2.24) is 20.0 Å². The highest BCUT2D eigenvalue weighted by atomic mass is 15.2. The Labute approximate surface area is 192 Å². The van der Waals surface area contributed by atoms with Gasteiger partial charge in [-0.1, -0.05) is 24.8 Å². The summed E-state index contributed by atoms with van der Waals surface area (Å²) in [6.07, 6.45) is 12.8. The minimum atomic E-state index is 0.261. The highest BCUT2D eigenvalue weighted by molar-refractivity contribution is 6.05. The second-order valence-electron chi connectivity index (χ2n) is 8.35. The van der Waals surface area contributed by atoms with Crippen molar-refractivity contribution in [3.63, 3.8) is 0 Å². The number of anilines is 2. The van der Waals surface area contributed by atoms with E-state index in [4.69, 9.17) is 4.99 Å². The predicted octanol–water partition coefficient (Wildman–Crippen LogP) is 5.15. The number of benzene rings is 2. The maximum Gasteiger partial charge on any atom is 0.125 e. The number of nitrogens with zero attached hydrogens (tertiary/aromatic N) is 4. The summed E-state index contributed by atoms with van der Waals surface area (Å²) < 4.78 is 1.77. The average molecular weight is 438 g/mol. The van der Waals surface area contributed by atoms with E-state index in [2.05, 4.69) is 75.0 Å². The van der Waals surface area contributed by atoms with E-state index in [-0.39, 0.29) is 6.04 Å². The van der Waals surface area contributed by atoms with E-state index in [1.807, 2.05) is 37.8 Å². The van der Waals surface area contributed by atoms with Gasteiger partial charge in [0.25, 0.3) is 0 Å². The van der Waals surface area contributed by atoms with Crippen molar-refractivity contribution in [3.05, 3.63) is 90.9 Å². The molecule has 7 heteroatoms. The molecule has 0 radical (unpaired) electrons. The van der Waals surface area contributed by atoms with Crippen LogP contribution in [0, 0.1) is 0 Å². The third-order valence-electron chi connectivity index (χ3n) is 5.76. The van der Waals surface area contributed by atoms with Crippen molar-refractivity contribution in [2.75, 3.05) is 10.6 Å². The Balaban J connectivity index is 1.19. The molecule has 4 aromatic rings. The standard InChI is InChI=1S/C26H27N7/c1-18(21-16-28-33(2)17-21)29-23-7-3-5-19(13-23)9-10-22-6-4-8-26(30-22)31-24-11-12-25-20(14-24)15-27-32-25/h3-5,7-8,11-17,22,29H,1,6,9-10H2,2H3,(H,27,32)(H,30,31). The third kappa shape index (κ3) is 5.03. The van der Waals surface area contributed by atoms with E-state index >= 15 is 0 Å². The smallest absolute Gasteiger partial charge is 0.125 e. The first-order valence-electron chi connectivity index (χ1n) is 11.1. The largest absolute Gasteiger partial charge is 0.355 e. The molecule has 1 unspecified atom stereocenters. The molecule has 0 bridgehead atoms. The lowest BCUT2D eigenvalue weighted by Crippen LogP contribution is -2.18. The predicted molar refractivity (Wildman–Crippen MR) is 135 cm³/mol. The summed E-state index contributed by atoms with van der Waals surface area (Å²) in [6, 6.07) is 14.9. The van der Waals surface area contributed by atoms with Crippen LogP contribution in [0.1, 0.15) is 24.0 Å². The fourth-order valence-corrected chi connectivity index (χ4v) is 4.02. The van der Waals surface area contributed by atoms with Crippen molar-refractivity contribution in [1.29, 1.82) is 0 Å². The van der Waals surface area contributed by atoms with Crippen LogP contribution < -0.4 is 10.6 Å². The van der Waals surface area contributed by atoms with Crippen LogP contribution in [0.5, 0.6) is 0 Å². The van der Waals surface area contributed by atoms with Crippen LogP contribution in [0.25, 0.3) is 16.6 Å². The molecule has 166 valence electrons. The topological polar surface area (TPSA) is 82.9 Å². The van der Waals surface area contributed by atoms with Gasteiger partial charge in [0.2, 0.25) is 0 Å². The van der Waals surface area contributed by atoms with Crippen molar-refractivity contribution >= 4 is 33.8 Å². The Kier molecular flexibility index (Phi) is 5.76. The van der Waals surface area contributed by atoms with Crippen LogP contribution >= 0.6 is 0 Å². The number of rotatable bonds is 7. The zero-order chi connectivity index (χ0) is 22.6. The normalized spacial score (nSPS) is 15.4. The van der Waals surface area contributed by atoms with Gasteiger partial charge in [0, 0.05) is 41.3 Å². The van der Waals surface area contributed by atoms with Gasteiger partial charge in [-0.2, -0.15) is 10.2 Å². The number of aryl methyl sites for hydroxylation is 2. The molecule has 0 saturated carbocycles.